The van der Waals surface area contributed by atoms with E-state index >= 15 is 0 Å². The van der Waals surface area contributed by atoms with Crippen LogP contribution in [0.3, 0.4) is 0 Å². The van der Waals surface area contributed by atoms with Gasteiger partial charge in [0.1, 0.15) is 0 Å². The number of hydrogen-bond acceptors (Lipinski definition) is 5. The largest absolute Gasteiger partial charge is 0.379 e. The molecule has 102 valence electrons. The molecule has 5 nitrogen and oxygen atoms in total. The van der Waals surface area contributed by atoms with Crippen molar-refractivity contribution in [1.29, 1.82) is 0 Å². The number of sulfonamides is 1. The second kappa shape index (κ2) is 5.26. The van der Waals surface area contributed by atoms with Gasteiger partial charge in [-0.1, -0.05) is 0 Å². The van der Waals surface area contributed by atoms with Crippen molar-refractivity contribution in [3.05, 3.63) is 16.3 Å². The molecule has 1 aromatic rings. The van der Waals surface area contributed by atoms with Crippen LogP contribution in [0, 0.1) is 0 Å². The molecule has 7 heteroatoms. The summed E-state index contributed by atoms with van der Waals surface area (Å²) >= 11 is 1.44. The summed E-state index contributed by atoms with van der Waals surface area (Å²) in [6.45, 7) is 3.59. The van der Waals surface area contributed by atoms with E-state index in [0.29, 0.717) is 31.1 Å². The highest BCUT2D eigenvalue weighted by molar-refractivity contribution is 7.89. The SMILES string of the molecule is CNCc1cc(S(=O)(=O)NC2(C)CCOC2)cs1. The molecule has 2 N–H and O–H groups in total. The number of thiophene rings is 1. The number of rotatable bonds is 5. The van der Waals surface area contributed by atoms with Gasteiger partial charge in [0.25, 0.3) is 0 Å². The van der Waals surface area contributed by atoms with Crippen molar-refractivity contribution < 1.29 is 13.2 Å². The molecule has 1 aliphatic rings. The first-order valence-electron chi connectivity index (χ1n) is 5.79. The molecule has 1 aromatic heterocycles. The molecule has 2 heterocycles. The van der Waals surface area contributed by atoms with Crippen molar-refractivity contribution in [3.8, 4) is 0 Å². The standard InChI is InChI=1S/C11H18N2O3S2/c1-11(3-4-16-8-11)13-18(14,15)10-5-9(6-12-2)17-7-10/h5,7,12-13H,3-4,6,8H2,1-2H3. The van der Waals surface area contributed by atoms with Gasteiger partial charge >= 0.3 is 0 Å². The molecule has 0 aromatic carbocycles. The minimum Gasteiger partial charge on any atom is -0.379 e. The molecule has 1 aliphatic heterocycles. The third kappa shape index (κ3) is 3.10. The molecule has 0 radical (unpaired) electrons. The predicted molar refractivity (Wildman–Crippen MR) is 71.2 cm³/mol. The average Bonchev–Trinajstić information content (AvgIpc) is 2.87. The Morgan fingerprint density at radius 1 is 1.56 bits per heavy atom. The second-order valence-corrected chi connectivity index (χ2v) is 7.43. The van der Waals surface area contributed by atoms with Crippen LogP contribution in [0.4, 0.5) is 0 Å². The summed E-state index contributed by atoms with van der Waals surface area (Å²) in [7, 11) is -1.61. The molecule has 1 unspecified atom stereocenters. The van der Waals surface area contributed by atoms with Crippen molar-refractivity contribution in [2.75, 3.05) is 20.3 Å². The summed E-state index contributed by atoms with van der Waals surface area (Å²) in [6.07, 6.45) is 0.708. The maximum Gasteiger partial charge on any atom is 0.241 e. The molecule has 1 saturated heterocycles. The highest BCUT2D eigenvalue weighted by atomic mass is 32.2. The van der Waals surface area contributed by atoms with Gasteiger partial charge in [-0.25, -0.2) is 13.1 Å². The molecule has 0 spiro atoms. The maximum atomic E-state index is 12.2. The molecule has 0 amide bonds. The lowest BCUT2D eigenvalue weighted by Gasteiger charge is -2.22. The van der Waals surface area contributed by atoms with E-state index in [1.165, 1.54) is 11.3 Å². The fourth-order valence-corrected chi connectivity index (χ4v) is 4.61. The summed E-state index contributed by atoms with van der Waals surface area (Å²) < 4.78 is 32.4. The van der Waals surface area contributed by atoms with Crippen molar-refractivity contribution in [3.63, 3.8) is 0 Å². The number of nitrogens with one attached hydrogen (secondary N) is 2. The molecule has 0 saturated carbocycles. The third-order valence-corrected chi connectivity index (χ3v) is 5.59. The van der Waals surface area contributed by atoms with E-state index in [4.69, 9.17) is 4.74 Å². The Hall–Kier alpha value is -0.470. The predicted octanol–water partition coefficient (Wildman–Crippen LogP) is 0.925. The molecule has 0 bridgehead atoms. The van der Waals surface area contributed by atoms with Gasteiger partial charge in [-0.15, -0.1) is 11.3 Å². The van der Waals surface area contributed by atoms with E-state index in [2.05, 4.69) is 10.0 Å². The van der Waals surface area contributed by atoms with Gasteiger partial charge in [0.15, 0.2) is 0 Å². The van der Waals surface area contributed by atoms with Gasteiger partial charge in [-0.2, -0.15) is 0 Å². The van der Waals surface area contributed by atoms with Crippen LogP contribution in [0.25, 0.3) is 0 Å². The quantitative estimate of drug-likeness (QED) is 0.846. The first kappa shape index (κ1) is 14.0. The Kier molecular flexibility index (Phi) is 4.08. The van der Waals surface area contributed by atoms with E-state index in [0.717, 1.165) is 4.88 Å². The maximum absolute atomic E-state index is 12.2. The van der Waals surface area contributed by atoms with Crippen molar-refractivity contribution in [1.82, 2.24) is 10.0 Å². The van der Waals surface area contributed by atoms with Crippen molar-refractivity contribution in [2.24, 2.45) is 0 Å². The zero-order valence-corrected chi connectivity index (χ0v) is 12.2. The van der Waals surface area contributed by atoms with E-state index in [-0.39, 0.29) is 0 Å². The third-order valence-electron chi connectivity index (χ3n) is 2.89. The summed E-state index contributed by atoms with van der Waals surface area (Å²) in [4.78, 5) is 1.34. The minimum atomic E-state index is -3.45. The topological polar surface area (TPSA) is 67.4 Å². The van der Waals surface area contributed by atoms with Crippen molar-refractivity contribution >= 4 is 21.4 Å². The zero-order chi connectivity index (χ0) is 13.2. The van der Waals surface area contributed by atoms with E-state index in [1.807, 2.05) is 14.0 Å². The Morgan fingerprint density at radius 3 is 2.94 bits per heavy atom. The molecule has 2 rings (SSSR count). The average molecular weight is 290 g/mol. The van der Waals surface area contributed by atoms with Gasteiger partial charge in [0.2, 0.25) is 10.0 Å². The molecular formula is C11H18N2O3S2. The lowest BCUT2D eigenvalue weighted by atomic mass is 10.0. The van der Waals surface area contributed by atoms with Gasteiger partial charge in [0.05, 0.1) is 17.0 Å². The fraction of sp³-hybridized carbons (Fsp3) is 0.636. The lowest BCUT2D eigenvalue weighted by Crippen LogP contribution is -2.46. The summed E-state index contributed by atoms with van der Waals surface area (Å²) in [6, 6.07) is 1.71. The molecule has 0 aliphatic carbocycles. The van der Waals surface area contributed by atoms with Gasteiger partial charge in [-0.05, 0) is 26.5 Å². The molecule has 18 heavy (non-hydrogen) atoms. The lowest BCUT2D eigenvalue weighted by molar-refractivity contribution is 0.178. The van der Waals surface area contributed by atoms with Gasteiger partial charge in [-0.3, -0.25) is 0 Å². The van der Waals surface area contributed by atoms with Crippen LogP contribution in [-0.4, -0.2) is 34.2 Å². The van der Waals surface area contributed by atoms with E-state index < -0.39 is 15.6 Å². The highest BCUT2D eigenvalue weighted by Crippen LogP contribution is 2.24. The highest BCUT2D eigenvalue weighted by Gasteiger charge is 2.34. The molecular weight excluding hydrogens is 272 g/mol. The Labute approximate surface area is 112 Å². The second-order valence-electron chi connectivity index (χ2n) is 4.75. The van der Waals surface area contributed by atoms with E-state index in [1.54, 1.807) is 11.4 Å². The normalized spacial score (nSPS) is 24.6. The number of hydrogen-bond donors (Lipinski definition) is 2. The summed E-state index contributed by atoms with van der Waals surface area (Å²) in [5.74, 6) is 0. The Morgan fingerprint density at radius 2 is 2.33 bits per heavy atom. The zero-order valence-electron chi connectivity index (χ0n) is 10.5. The number of ether oxygens (including phenoxy) is 1. The van der Waals surface area contributed by atoms with Crippen LogP contribution in [0.5, 0.6) is 0 Å². The summed E-state index contributed by atoms with van der Waals surface area (Å²) in [5.41, 5.74) is -0.482. The smallest absolute Gasteiger partial charge is 0.241 e. The fourth-order valence-electron chi connectivity index (χ4n) is 1.90. The molecule has 1 fully saturated rings. The first-order valence-corrected chi connectivity index (χ1v) is 8.15. The monoisotopic (exact) mass is 290 g/mol. The Balaban J connectivity index is 2.14. The minimum absolute atomic E-state index is 0.339. The van der Waals surface area contributed by atoms with Gasteiger partial charge < -0.3 is 10.1 Å². The summed E-state index contributed by atoms with van der Waals surface area (Å²) in [5, 5.41) is 4.68. The van der Waals surface area contributed by atoms with E-state index in [9.17, 15) is 8.42 Å². The van der Waals surface area contributed by atoms with Crippen LogP contribution < -0.4 is 10.0 Å². The van der Waals surface area contributed by atoms with Gasteiger partial charge in [0, 0.05) is 23.4 Å². The Bertz CT molecular complexity index is 504. The van der Waals surface area contributed by atoms with Crippen LogP contribution in [-0.2, 0) is 21.3 Å². The van der Waals surface area contributed by atoms with Crippen LogP contribution in [0.15, 0.2) is 16.3 Å². The van der Waals surface area contributed by atoms with Crippen LogP contribution in [0.2, 0.25) is 0 Å². The first-order chi connectivity index (χ1) is 8.45. The molecule has 1 atom stereocenters. The van der Waals surface area contributed by atoms with Crippen molar-refractivity contribution in [2.45, 2.75) is 30.3 Å². The van der Waals surface area contributed by atoms with Crippen LogP contribution >= 0.6 is 11.3 Å². The van der Waals surface area contributed by atoms with Crippen LogP contribution in [0.1, 0.15) is 18.2 Å².